The summed E-state index contributed by atoms with van der Waals surface area (Å²) in [4.78, 5) is 12.2. The molecule has 0 radical (unpaired) electrons. The molecule has 0 aliphatic heterocycles. The second-order valence-electron chi connectivity index (χ2n) is 8.94. The third kappa shape index (κ3) is 20.7. The van der Waals surface area contributed by atoms with Crippen LogP contribution < -0.4 is 0 Å². The predicted octanol–water partition coefficient (Wildman–Crippen LogP) is 8.63. The van der Waals surface area contributed by atoms with Crippen LogP contribution in [0.5, 0.6) is 0 Å². The number of hydrogen-bond acceptors (Lipinski definition) is 3. The highest BCUT2D eigenvalue weighted by atomic mass is 16.6. The van der Waals surface area contributed by atoms with Crippen LogP contribution in [0.2, 0.25) is 0 Å². The summed E-state index contributed by atoms with van der Waals surface area (Å²) in [6.45, 7) is 7.97. The van der Waals surface area contributed by atoms with Gasteiger partial charge in [0.15, 0.2) is 0 Å². The summed E-state index contributed by atoms with van der Waals surface area (Å²) in [6, 6.07) is 0. The summed E-state index contributed by atoms with van der Waals surface area (Å²) >= 11 is 0. The van der Waals surface area contributed by atoms with Gasteiger partial charge in [0.05, 0.1) is 12.5 Å². The number of ether oxygens (including phenoxy) is 2. The molecule has 0 fully saturated rings. The van der Waals surface area contributed by atoms with Gasteiger partial charge in [0, 0.05) is 6.61 Å². The number of carbonyl (C=O) groups excluding carboxylic acids is 1. The second kappa shape index (κ2) is 24.7. The lowest BCUT2D eigenvalue weighted by atomic mass is 9.96. The van der Waals surface area contributed by atoms with Crippen molar-refractivity contribution in [2.75, 3.05) is 19.8 Å². The average Bonchev–Trinajstić information content (AvgIpc) is 2.75. The van der Waals surface area contributed by atoms with Crippen LogP contribution in [-0.2, 0) is 14.3 Å². The van der Waals surface area contributed by atoms with Crippen LogP contribution in [0.4, 0.5) is 0 Å². The molecular weight excluding hydrogens is 372 g/mol. The van der Waals surface area contributed by atoms with E-state index in [9.17, 15) is 4.79 Å². The molecule has 3 nitrogen and oxygen atoms in total. The van der Waals surface area contributed by atoms with E-state index in [4.69, 9.17) is 9.47 Å². The third-order valence-corrected chi connectivity index (χ3v) is 6.05. The summed E-state index contributed by atoms with van der Waals surface area (Å²) in [5.41, 5.74) is 0. The quantitative estimate of drug-likeness (QED) is 0.114. The fourth-order valence-corrected chi connectivity index (χ4v) is 4.13. The standard InChI is InChI=1S/C27H54O3/c1-4-7-8-9-10-11-12-13-14-15-16-17-18-19-20-21-23-26(22-5-2)27(28)30-25-24-29-6-3/h26H,4-25H2,1-3H3. The molecule has 180 valence electrons. The molecule has 0 amide bonds. The number of unbranched alkanes of at least 4 members (excludes halogenated alkanes) is 15. The number of hydrogen-bond donors (Lipinski definition) is 0. The minimum atomic E-state index is -0.0162. The molecule has 0 aromatic rings. The Balaban J connectivity index is 3.43. The van der Waals surface area contributed by atoms with Gasteiger partial charge in [-0.3, -0.25) is 4.79 Å². The lowest BCUT2D eigenvalue weighted by molar-refractivity contribution is -0.150. The Morgan fingerprint density at radius 3 is 1.47 bits per heavy atom. The van der Waals surface area contributed by atoms with Crippen molar-refractivity contribution in [3.63, 3.8) is 0 Å². The van der Waals surface area contributed by atoms with Gasteiger partial charge in [-0.2, -0.15) is 0 Å². The van der Waals surface area contributed by atoms with Crippen LogP contribution in [0.1, 0.15) is 143 Å². The number of carbonyl (C=O) groups is 1. The van der Waals surface area contributed by atoms with Crippen molar-refractivity contribution >= 4 is 5.97 Å². The summed E-state index contributed by atoms with van der Waals surface area (Å²) in [6.07, 6.45) is 25.1. The lowest BCUT2D eigenvalue weighted by Gasteiger charge is -2.15. The first-order valence-electron chi connectivity index (χ1n) is 13.5. The SMILES string of the molecule is CCCCCCCCCCCCCCCCCCC(CCC)C(=O)OCCOCC. The van der Waals surface area contributed by atoms with Gasteiger partial charge in [-0.15, -0.1) is 0 Å². The van der Waals surface area contributed by atoms with E-state index in [0.717, 1.165) is 25.7 Å². The monoisotopic (exact) mass is 426 g/mol. The van der Waals surface area contributed by atoms with Crippen LogP contribution >= 0.6 is 0 Å². The first-order valence-corrected chi connectivity index (χ1v) is 13.5. The van der Waals surface area contributed by atoms with Crippen molar-refractivity contribution < 1.29 is 14.3 Å². The van der Waals surface area contributed by atoms with Crippen LogP contribution in [0.25, 0.3) is 0 Å². The van der Waals surface area contributed by atoms with Crippen LogP contribution in [0.15, 0.2) is 0 Å². The Labute approximate surface area is 189 Å². The van der Waals surface area contributed by atoms with Crippen molar-refractivity contribution in [1.82, 2.24) is 0 Å². The Hall–Kier alpha value is -0.570. The molecule has 0 saturated heterocycles. The summed E-state index contributed by atoms with van der Waals surface area (Å²) in [5.74, 6) is 0.0702. The maximum absolute atomic E-state index is 12.2. The second-order valence-corrected chi connectivity index (χ2v) is 8.94. The molecule has 0 N–H and O–H groups in total. The van der Waals surface area contributed by atoms with Crippen LogP contribution in [0, 0.1) is 5.92 Å². The molecule has 30 heavy (non-hydrogen) atoms. The summed E-state index contributed by atoms with van der Waals surface area (Å²) in [5, 5.41) is 0. The zero-order valence-electron chi connectivity index (χ0n) is 20.9. The van der Waals surface area contributed by atoms with E-state index in [-0.39, 0.29) is 11.9 Å². The van der Waals surface area contributed by atoms with E-state index in [0.29, 0.717) is 19.8 Å². The molecular formula is C27H54O3. The van der Waals surface area contributed by atoms with Gasteiger partial charge in [0.1, 0.15) is 6.61 Å². The normalized spacial score (nSPS) is 12.2. The Morgan fingerprint density at radius 2 is 1.03 bits per heavy atom. The van der Waals surface area contributed by atoms with Crippen LogP contribution in [-0.4, -0.2) is 25.8 Å². The Morgan fingerprint density at radius 1 is 0.567 bits per heavy atom. The molecule has 3 heteroatoms. The van der Waals surface area contributed by atoms with E-state index in [1.54, 1.807) is 0 Å². The fourth-order valence-electron chi connectivity index (χ4n) is 4.13. The molecule has 0 aromatic heterocycles. The van der Waals surface area contributed by atoms with Gasteiger partial charge in [0.2, 0.25) is 0 Å². The molecule has 0 spiro atoms. The van der Waals surface area contributed by atoms with Gasteiger partial charge in [0.25, 0.3) is 0 Å². The maximum atomic E-state index is 12.2. The van der Waals surface area contributed by atoms with Crippen molar-refractivity contribution in [2.24, 2.45) is 5.92 Å². The van der Waals surface area contributed by atoms with Crippen molar-refractivity contribution in [3.05, 3.63) is 0 Å². The predicted molar refractivity (Wildman–Crippen MR) is 130 cm³/mol. The van der Waals surface area contributed by atoms with E-state index in [1.165, 1.54) is 96.3 Å². The molecule has 1 unspecified atom stereocenters. The molecule has 0 heterocycles. The first-order chi connectivity index (χ1) is 14.8. The Kier molecular flexibility index (Phi) is 24.2. The topological polar surface area (TPSA) is 35.5 Å². The highest BCUT2D eigenvalue weighted by Crippen LogP contribution is 2.19. The fraction of sp³-hybridized carbons (Fsp3) is 0.963. The number of rotatable bonds is 24. The van der Waals surface area contributed by atoms with Gasteiger partial charge in [-0.25, -0.2) is 0 Å². The number of esters is 1. The zero-order chi connectivity index (χ0) is 22.1. The van der Waals surface area contributed by atoms with Gasteiger partial charge >= 0.3 is 5.97 Å². The highest BCUT2D eigenvalue weighted by Gasteiger charge is 2.18. The summed E-state index contributed by atoms with van der Waals surface area (Å²) < 4.78 is 10.6. The van der Waals surface area contributed by atoms with Crippen molar-refractivity contribution in [2.45, 2.75) is 143 Å². The van der Waals surface area contributed by atoms with E-state index in [2.05, 4.69) is 13.8 Å². The first kappa shape index (κ1) is 29.4. The molecule has 0 bridgehead atoms. The smallest absolute Gasteiger partial charge is 0.309 e. The molecule has 0 rings (SSSR count). The molecule has 0 aliphatic carbocycles. The minimum absolute atomic E-state index is 0.0162. The van der Waals surface area contributed by atoms with E-state index >= 15 is 0 Å². The molecule has 0 saturated carbocycles. The lowest BCUT2D eigenvalue weighted by Crippen LogP contribution is -2.20. The zero-order valence-corrected chi connectivity index (χ0v) is 20.9. The molecule has 1 atom stereocenters. The third-order valence-electron chi connectivity index (χ3n) is 6.05. The summed E-state index contributed by atoms with van der Waals surface area (Å²) in [7, 11) is 0. The maximum Gasteiger partial charge on any atom is 0.309 e. The minimum Gasteiger partial charge on any atom is -0.463 e. The molecule has 0 aliphatic rings. The largest absolute Gasteiger partial charge is 0.463 e. The van der Waals surface area contributed by atoms with Gasteiger partial charge in [-0.1, -0.05) is 123 Å². The van der Waals surface area contributed by atoms with Crippen molar-refractivity contribution in [1.29, 1.82) is 0 Å². The van der Waals surface area contributed by atoms with E-state index in [1.807, 2.05) is 6.92 Å². The molecule has 0 aromatic carbocycles. The van der Waals surface area contributed by atoms with Crippen molar-refractivity contribution in [3.8, 4) is 0 Å². The van der Waals surface area contributed by atoms with E-state index < -0.39 is 0 Å². The van der Waals surface area contributed by atoms with Crippen LogP contribution in [0.3, 0.4) is 0 Å². The average molecular weight is 427 g/mol. The van der Waals surface area contributed by atoms with Gasteiger partial charge in [-0.05, 0) is 19.8 Å². The highest BCUT2D eigenvalue weighted by molar-refractivity contribution is 5.72. The Bertz CT molecular complexity index is 343. The van der Waals surface area contributed by atoms with Gasteiger partial charge < -0.3 is 9.47 Å².